The summed E-state index contributed by atoms with van der Waals surface area (Å²) in [7, 11) is 5.60. The minimum absolute atomic E-state index is 0.0487. The van der Waals surface area contributed by atoms with E-state index < -0.39 is 0 Å². The van der Waals surface area contributed by atoms with E-state index in [9.17, 15) is 9.59 Å². The molecule has 2 N–H and O–H groups in total. The quantitative estimate of drug-likeness (QED) is 0.433. The second-order valence-corrected chi connectivity index (χ2v) is 8.27. The van der Waals surface area contributed by atoms with Gasteiger partial charge in [0.25, 0.3) is 5.91 Å². The number of fused-ring (bicyclic) bond motifs is 1. The van der Waals surface area contributed by atoms with Crippen molar-refractivity contribution >= 4 is 28.4 Å². The molecule has 0 fully saturated rings. The molecule has 0 aliphatic carbocycles. The van der Waals surface area contributed by atoms with Crippen molar-refractivity contribution in [3.05, 3.63) is 90.0 Å². The number of anilines is 1. The van der Waals surface area contributed by atoms with E-state index >= 15 is 0 Å². The number of aromatic nitrogens is 1. The lowest BCUT2D eigenvalue weighted by molar-refractivity contribution is -0.121. The van der Waals surface area contributed by atoms with Crippen LogP contribution in [0.5, 0.6) is 0 Å². The molecule has 33 heavy (non-hydrogen) atoms. The molecular formula is C26H28N4O3. The van der Waals surface area contributed by atoms with Crippen LogP contribution in [0.2, 0.25) is 0 Å². The van der Waals surface area contributed by atoms with E-state index in [1.54, 1.807) is 19.2 Å². The van der Waals surface area contributed by atoms with Gasteiger partial charge in [-0.2, -0.15) is 0 Å². The van der Waals surface area contributed by atoms with E-state index in [1.165, 1.54) is 11.2 Å². The number of carbonyl (C=O) groups is 2. The fourth-order valence-corrected chi connectivity index (χ4v) is 3.94. The zero-order chi connectivity index (χ0) is 23.4. The van der Waals surface area contributed by atoms with E-state index in [0.717, 1.165) is 27.7 Å². The number of amides is 2. The minimum atomic E-state index is -0.331. The molecule has 7 heteroatoms. The number of hydrogen-bond acceptors (Lipinski definition) is 4. The van der Waals surface area contributed by atoms with E-state index in [-0.39, 0.29) is 30.0 Å². The lowest BCUT2D eigenvalue weighted by atomic mass is 9.90. The summed E-state index contributed by atoms with van der Waals surface area (Å²) >= 11 is 0. The van der Waals surface area contributed by atoms with Crippen LogP contribution >= 0.6 is 0 Å². The van der Waals surface area contributed by atoms with E-state index in [1.807, 2.05) is 38.5 Å². The number of carbonyl (C=O) groups excluding carboxylic acids is 2. The third-order valence-electron chi connectivity index (χ3n) is 5.77. The van der Waals surface area contributed by atoms with Crippen molar-refractivity contribution in [2.75, 3.05) is 39.1 Å². The fraction of sp³-hybridized carbons (Fsp3) is 0.231. The summed E-state index contributed by atoms with van der Waals surface area (Å²) in [5.74, 6) is -0.398. The molecule has 2 aromatic heterocycles. The summed E-state index contributed by atoms with van der Waals surface area (Å²) in [6.45, 7) is 0.352. The lowest BCUT2D eigenvalue weighted by Crippen LogP contribution is -2.39. The van der Waals surface area contributed by atoms with Gasteiger partial charge in [0.2, 0.25) is 5.91 Å². The Morgan fingerprint density at radius 3 is 2.45 bits per heavy atom. The maximum absolute atomic E-state index is 12.7. The Morgan fingerprint density at radius 1 is 1.00 bits per heavy atom. The summed E-state index contributed by atoms with van der Waals surface area (Å²) < 4.78 is 5.14. The number of para-hydroxylation sites is 1. The highest BCUT2D eigenvalue weighted by atomic mass is 16.3. The van der Waals surface area contributed by atoms with Crippen molar-refractivity contribution in [3.8, 4) is 0 Å². The van der Waals surface area contributed by atoms with Gasteiger partial charge in [-0.25, -0.2) is 0 Å². The third kappa shape index (κ3) is 4.92. The molecule has 2 aromatic carbocycles. The van der Waals surface area contributed by atoms with Crippen molar-refractivity contribution < 1.29 is 14.0 Å². The van der Waals surface area contributed by atoms with Gasteiger partial charge < -0.3 is 24.5 Å². The largest absolute Gasteiger partial charge is 0.459 e. The number of nitrogens with one attached hydrogen (secondary N) is 2. The molecule has 7 nitrogen and oxygen atoms in total. The summed E-state index contributed by atoms with van der Waals surface area (Å²) in [6, 6.07) is 19.7. The molecule has 2 heterocycles. The first-order valence-electron chi connectivity index (χ1n) is 10.8. The zero-order valence-electron chi connectivity index (χ0n) is 19.0. The van der Waals surface area contributed by atoms with Crippen molar-refractivity contribution in [1.82, 2.24) is 15.2 Å². The van der Waals surface area contributed by atoms with Crippen LogP contribution in [0.25, 0.3) is 10.9 Å². The maximum Gasteiger partial charge on any atom is 0.289 e. The van der Waals surface area contributed by atoms with E-state index in [4.69, 9.17) is 4.42 Å². The first-order chi connectivity index (χ1) is 15.9. The van der Waals surface area contributed by atoms with Crippen molar-refractivity contribution in [2.45, 2.75) is 5.92 Å². The molecule has 0 saturated carbocycles. The summed E-state index contributed by atoms with van der Waals surface area (Å²) in [5.41, 5.74) is 4.38. The smallest absolute Gasteiger partial charge is 0.289 e. The zero-order valence-corrected chi connectivity index (χ0v) is 19.0. The number of likely N-dealkylation sites (N-methyl/N-ethyl adjacent to an activating group) is 1. The Kier molecular flexibility index (Phi) is 6.49. The molecular weight excluding hydrogens is 416 g/mol. The predicted octanol–water partition coefficient (Wildman–Crippen LogP) is 3.85. The number of furan rings is 1. The first-order valence-corrected chi connectivity index (χ1v) is 10.8. The number of H-pyrrole nitrogens is 1. The summed E-state index contributed by atoms with van der Waals surface area (Å²) in [5, 5.41) is 4.14. The molecule has 0 bridgehead atoms. The first kappa shape index (κ1) is 22.2. The van der Waals surface area contributed by atoms with Gasteiger partial charge in [0.15, 0.2) is 5.76 Å². The number of aromatic amines is 1. The summed E-state index contributed by atoms with van der Waals surface area (Å²) in [6.07, 6.45) is 3.45. The minimum Gasteiger partial charge on any atom is -0.459 e. The van der Waals surface area contributed by atoms with Crippen LogP contribution in [0.4, 0.5) is 5.69 Å². The van der Waals surface area contributed by atoms with Gasteiger partial charge in [0.05, 0.1) is 12.8 Å². The number of nitrogens with zero attached hydrogens (tertiary/aromatic N) is 2. The molecule has 170 valence electrons. The molecule has 0 spiro atoms. The predicted molar refractivity (Wildman–Crippen MR) is 130 cm³/mol. The number of rotatable bonds is 8. The molecule has 0 saturated heterocycles. The topological polar surface area (TPSA) is 81.6 Å². The van der Waals surface area contributed by atoms with Gasteiger partial charge >= 0.3 is 0 Å². The molecule has 4 aromatic rings. The Labute approximate surface area is 193 Å². The second-order valence-electron chi connectivity index (χ2n) is 8.27. The number of benzene rings is 2. The lowest BCUT2D eigenvalue weighted by Gasteiger charge is -2.21. The molecule has 4 rings (SSSR count). The standard InChI is InChI=1S/C26H28N4O3/c1-29(2)19-12-10-18(11-13-19)21(22-16-27-23-8-5-4-7-20(22)23)15-28-25(31)17-30(3)26(32)24-9-6-14-33-24/h4-14,16,21,27H,15,17H2,1-3H3,(H,28,31). The van der Waals surface area contributed by atoms with Crippen LogP contribution in [0.3, 0.4) is 0 Å². The SMILES string of the molecule is CN(CC(=O)NCC(c1ccc(N(C)C)cc1)c1c[nH]c2ccccc12)C(=O)c1ccco1. The van der Waals surface area contributed by atoms with Crippen LogP contribution in [0.1, 0.15) is 27.6 Å². The average molecular weight is 445 g/mol. The van der Waals surface area contributed by atoms with Crippen LogP contribution in [-0.4, -0.2) is 55.9 Å². The average Bonchev–Trinajstić information content (AvgIpc) is 3.50. The van der Waals surface area contributed by atoms with E-state index in [2.05, 4.69) is 45.5 Å². The molecule has 1 atom stereocenters. The Bertz CT molecular complexity index is 1230. The fourth-order valence-electron chi connectivity index (χ4n) is 3.94. The summed E-state index contributed by atoms with van der Waals surface area (Å²) in [4.78, 5) is 31.8. The molecule has 0 radical (unpaired) electrons. The van der Waals surface area contributed by atoms with Gasteiger partial charge in [0.1, 0.15) is 0 Å². The highest BCUT2D eigenvalue weighted by molar-refractivity contribution is 5.94. The monoisotopic (exact) mass is 444 g/mol. The van der Waals surface area contributed by atoms with Crippen molar-refractivity contribution in [2.24, 2.45) is 0 Å². The van der Waals surface area contributed by atoms with Gasteiger partial charge in [-0.05, 0) is 41.5 Å². The maximum atomic E-state index is 12.7. The third-order valence-corrected chi connectivity index (χ3v) is 5.77. The van der Waals surface area contributed by atoms with Crippen LogP contribution < -0.4 is 10.2 Å². The van der Waals surface area contributed by atoms with Gasteiger partial charge in [0, 0.05) is 56.4 Å². The Morgan fingerprint density at radius 2 is 1.76 bits per heavy atom. The second kappa shape index (κ2) is 9.65. The van der Waals surface area contributed by atoms with Gasteiger partial charge in [-0.15, -0.1) is 0 Å². The van der Waals surface area contributed by atoms with Crippen molar-refractivity contribution in [1.29, 1.82) is 0 Å². The molecule has 0 aliphatic rings. The van der Waals surface area contributed by atoms with Crippen LogP contribution in [0.15, 0.2) is 77.5 Å². The molecule has 2 amide bonds. The van der Waals surface area contributed by atoms with Gasteiger partial charge in [-0.1, -0.05) is 30.3 Å². The van der Waals surface area contributed by atoms with Crippen LogP contribution in [0, 0.1) is 0 Å². The van der Waals surface area contributed by atoms with Crippen molar-refractivity contribution in [3.63, 3.8) is 0 Å². The van der Waals surface area contributed by atoms with Gasteiger partial charge in [-0.3, -0.25) is 9.59 Å². The Balaban J connectivity index is 1.52. The van der Waals surface area contributed by atoms with E-state index in [0.29, 0.717) is 6.54 Å². The number of hydrogen-bond donors (Lipinski definition) is 2. The normalized spacial score (nSPS) is 11.8. The Hall–Kier alpha value is -4.00. The molecule has 0 aliphatic heterocycles. The van der Waals surface area contributed by atoms with Crippen LogP contribution in [-0.2, 0) is 4.79 Å². The highest BCUT2D eigenvalue weighted by Gasteiger charge is 2.21. The molecule has 1 unspecified atom stereocenters. The highest BCUT2D eigenvalue weighted by Crippen LogP contribution is 2.31.